The highest BCUT2D eigenvalue weighted by Crippen LogP contribution is 2.40. The molecule has 0 unspecified atom stereocenters. The Hall–Kier alpha value is -2.88. The van der Waals surface area contributed by atoms with Crippen molar-refractivity contribution in [3.05, 3.63) is 59.4 Å². The van der Waals surface area contributed by atoms with Gasteiger partial charge in [-0.1, -0.05) is 32.9 Å². The van der Waals surface area contributed by atoms with Crippen LogP contribution in [-0.2, 0) is 29.3 Å². The number of aromatic nitrogens is 2. The van der Waals surface area contributed by atoms with Gasteiger partial charge in [-0.3, -0.25) is 4.79 Å². The smallest absolute Gasteiger partial charge is 0.348 e. The Morgan fingerprint density at radius 3 is 2.33 bits per heavy atom. The summed E-state index contributed by atoms with van der Waals surface area (Å²) in [7, 11) is -3.28. The number of nitrogens with one attached hydrogen (secondary N) is 1. The van der Waals surface area contributed by atoms with Gasteiger partial charge in [-0.05, 0) is 73.4 Å². The van der Waals surface area contributed by atoms with Crippen LogP contribution in [0.3, 0.4) is 0 Å². The molecule has 2 aromatic carbocycles. The summed E-state index contributed by atoms with van der Waals surface area (Å²) in [5.41, 5.74) is 2.84. The molecule has 1 amide bonds. The van der Waals surface area contributed by atoms with Crippen LogP contribution >= 0.6 is 0 Å². The molecule has 0 aliphatic heterocycles. The van der Waals surface area contributed by atoms with E-state index in [9.17, 15) is 26.4 Å². The van der Waals surface area contributed by atoms with Gasteiger partial charge in [-0.15, -0.1) is 0 Å². The fourth-order valence-electron chi connectivity index (χ4n) is 5.26. The van der Waals surface area contributed by atoms with E-state index < -0.39 is 21.9 Å². The van der Waals surface area contributed by atoms with Crippen molar-refractivity contribution in [3.8, 4) is 0 Å². The highest BCUT2D eigenvalue weighted by molar-refractivity contribution is 7.91. The van der Waals surface area contributed by atoms with Crippen molar-refractivity contribution in [3.63, 3.8) is 0 Å². The standard InChI is InChI=1S/C29H36F3N3O3S/c1-4-39(37,38)24-12-7-21(8-13-24)17-33-28(36)22-9-14-26-25(16-22)34-27(35(26)18-19(2)3)15-20-5-10-23(11-6-20)29(30,31)32/h7-9,12-14,16,19-20,23H,4-6,10-11,15,17-18H2,1-3H3,(H,33,36). The third-order valence-corrected chi connectivity index (χ3v) is 9.28. The van der Waals surface area contributed by atoms with Crippen molar-refractivity contribution in [2.45, 2.75) is 77.0 Å². The summed E-state index contributed by atoms with van der Waals surface area (Å²) < 4.78 is 65.4. The summed E-state index contributed by atoms with van der Waals surface area (Å²) >= 11 is 0. The van der Waals surface area contributed by atoms with Crippen molar-refractivity contribution in [2.75, 3.05) is 5.75 Å². The second kappa shape index (κ2) is 11.7. The molecule has 6 nitrogen and oxygen atoms in total. The molecular weight excluding hydrogens is 527 g/mol. The van der Waals surface area contributed by atoms with E-state index in [1.807, 2.05) is 6.07 Å². The van der Waals surface area contributed by atoms with Gasteiger partial charge in [0.1, 0.15) is 5.82 Å². The van der Waals surface area contributed by atoms with Crippen molar-refractivity contribution >= 4 is 26.8 Å². The Labute approximate surface area is 227 Å². The second-order valence-electron chi connectivity index (χ2n) is 10.9. The average molecular weight is 564 g/mol. The molecule has 0 radical (unpaired) electrons. The molecule has 39 heavy (non-hydrogen) atoms. The topological polar surface area (TPSA) is 81.1 Å². The van der Waals surface area contributed by atoms with E-state index in [-0.39, 0.29) is 41.9 Å². The van der Waals surface area contributed by atoms with Gasteiger partial charge in [0.25, 0.3) is 5.91 Å². The fourth-order valence-corrected chi connectivity index (χ4v) is 6.15. The first-order chi connectivity index (χ1) is 18.4. The number of carbonyl (C=O) groups is 1. The number of hydrogen-bond acceptors (Lipinski definition) is 4. The molecule has 0 spiro atoms. The molecule has 10 heteroatoms. The molecule has 4 rings (SSSR count). The molecule has 0 bridgehead atoms. The number of benzene rings is 2. The quantitative estimate of drug-likeness (QED) is 0.330. The summed E-state index contributed by atoms with van der Waals surface area (Å²) in [5, 5.41) is 2.87. The van der Waals surface area contributed by atoms with E-state index in [1.165, 1.54) is 0 Å². The van der Waals surface area contributed by atoms with Crippen LogP contribution in [0.2, 0.25) is 0 Å². The molecule has 1 aliphatic rings. The van der Waals surface area contributed by atoms with Gasteiger partial charge in [-0.25, -0.2) is 13.4 Å². The van der Waals surface area contributed by atoms with E-state index >= 15 is 0 Å². The number of rotatable bonds is 9. The molecular formula is C29H36F3N3O3S. The maximum atomic E-state index is 13.1. The molecule has 0 saturated heterocycles. The average Bonchev–Trinajstić information content (AvgIpc) is 3.22. The van der Waals surface area contributed by atoms with Gasteiger partial charge in [-0.2, -0.15) is 13.2 Å². The number of fused-ring (bicyclic) bond motifs is 1. The van der Waals surface area contributed by atoms with Gasteiger partial charge in [0.2, 0.25) is 0 Å². The summed E-state index contributed by atoms with van der Waals surface area (Å²) in [4.78, 5) is 18.0. The predicted molar refractivity (Wildman–Crippen MR) is 145 cm³/mol. The molecule has 1 heterocycles. The van der Waals surface area contributed by atoms with Crippen LogP contribution in [0.15, 0.2) is 47.4 Å². The van der Waals surface area contributed by atoms with E-state index in [0.717, 1.165) is 23.4 Å². The van der Waals surface area contributed by atoms with Crippen LogP contribution < -0.4 is 5.32 Å². The van der Waals surface area contributed by atoms with E-state index in [0.29, 0.717) is 36.3 Å². The lowest BCUT2D eigenvalue weighted by atomic mass is 9.80. The largest absolute Gasteiger partial charge is 0.391 e. The summed E-state index contributed by atoms with van der Waals surface area (Å²) in [6, 6.07) is 11.9. The first-order valence-electron chi connectivity index (χ1n) is 13.5. The molecule has 1 fully saturated rings. The van der Waals surface area contributed by atoms with Gasteiger partial charge in [0.05, 0.1) is 27.6 Å². The Morgan fingerprint density at radius 2 is 1.74 bits per heavy atom. The Bertz CT molecular complexity index is 1410. The zero-order valence-corrected chi connectivity index (χ0v) is 23.4. The molecule has 1 saturated carbocycles. The van der Waals surface area contributed by atoms with E-state index in [2.05, 4.69) is 23.7 Å². The van der Waals surface area contributed by atoms with Gasteiger partial charge >= 0.3 is 6.18 Å². The van der Waals surface area contributed by atoms with Crippen LogP contribution in [0.1, 0.15) is 68.2 Å². The lowest BCUT2D eigenvalue weighted by molar-refractivity contribution is -0.183. The number of alkyl halides is 3. The van der Waals surface area contributed by atoms with Crippen molar-refractivity contribution in [2.24, 2.45) is 17.8 Å². The van der Waals surface area contributed by atoms with Crippen LogP contribution in [0.4, 0.5) is 13.2 Å². The molecule has 3 aromatic rings. The van der Waals surface area contributed by atoms with Crippen molar-refractivity contribution < 1.29 is 26.4 Å². The minimum atomic E-state index is -4.12. The number of hydrogen-bond donors (Lipinski definition) is 1. The van der Waals surface area contributed by atoms with Gasteiger partial charge in [0.15, 0.2) is 9.84 Å². The minimum Gasteiger partial charge on any atom is -0.348 e. The molecule has 1 aromatic heterocycles. The number of nitrogens with zero attached hydrogens (tertiary/aromatic N) is 2. The normalized spacial score (nSPS) is 18.5. The third-order valence-electron chi connectivity index (χ3n) is 7.53. The number of amides is 1. The zero-order valence-electron chi connectivity index (χ0n) is 22.6. The van der Waals surface area contributed by atoms with Crippen LogP contribution in [0.25, 0.3) is 11.0 Å². The highest BCUT2D eigenvalue weighted by atomic mass is 32.2. The lowest BCUT2D eigenvalue weighted by Gasteiger charge is -2.29. The molecule has 212 valence electrons. The maximum absolute atomic E-state index is 13.1. The van der Waals surface area contributed by atoms with Crippen molar-refractivity contribution in [1.82, 2.24) is 14.9 Å². The number of imidazole rings is 1. The highest BCUT2D eigenvalue weighted by Gasteiger charge is 2.41. The maximum Gasteiger partial charge on any atom is 0.391 e. The monoisotopic (exact) mass is 563 g/mol. The van der Waals surface area contributed by atoms with Gasteiger partial charge in [0, 0.05) is 25.1 Å². The summed E-state index contributed by atoms with van der Waals surface area (Å²) in [5.74, 6) is -0.0797. The van der Waals surface area contributed by atoms with Gasteiger partial charge < -0.3 is 9.88 Å². The minimum absolute atomic E-state index is 0.0272. The SMILES string of the molecule is CCS(=O)(=O)c1ccc(CNC(=O)c2ccc3c(c2)nc(CC2CCC(C(F)(F)F)CC2)n3CC(C)C)cc1. The summed E-state index contributed by atoms with van der Waals surface area (Å²) in [6.45, 7) is 6.79. The van der Waals surface area contributed by atoms with Crippen molar-refractivity contribution in [1.29, 1.82) is 0 Å². The Kier molecular flexibility index (Phi) is 8.73. The molecule has 1 aliphatic carbocycles. The number of sulfone groups is 1. The second-order valence-corrected chi connectivity index (χ2v) is 13.2. The molecule has 1 N–H and O–H groups in total. The fraction of sp³-hybridized carbons (Fsp3) is 0.517. The first kappa shape index (κ1) is 29.1. The number of halogens is 3. The van der Waals surface area contributed by atoms with Crippen LogP contribution in [0.5, 0.6) is 0 Å². The van der Waals surface area contributed by atoms with Crippen LogP contribution in [-0.4, -0.2) is 35.8 Å². The Morgan fingerprint density at radius 1 is 1.08 bits per heavy atom. The summed E-state index contributed by atoms with van der Waals surface area (Å²) in [6.07, 6.45) is -2.09. The lowest BCUT2D eigenvalue weighted by Crippen LogP contribution is -2.28. The zero-order chi connectivity index (χ0) is 28.4. The Balaban J connectivity index is 1.47. The third kappa shape index (κ3) is 7.01. The van der Waals surface area contributed by atoms with E-state index in [4.69, 9.17) is 4.98 Å². The van der Waals surface area contributed by atoms with Crippen LogP contribution in [0, 0.1) is 17.8 Å². The number of carbonyl (C=O) groups excluding carboxylic acids is 1. The predicted octanol–water partition coefficient (Wildman–Crippen LogP) is 6.33. The van der Waals surface area contributed by atoms with E-state index in [1.54, 1.807) is 43.3 Å². The molecule has 0 atom stereocenters. The first-order valence-corrected chi connectivity index (χ1v) is 15.2.